The maximum atomic E-state index is 11.4. The minimum atomic E-state index is -1.19. The molecule has 1 aliphatic heterocycles. The molecule has 3 N–H and O–H groups in total. The van der Waals surface area contributed by atoms with Crippen LogP contribution in [0.5, 0.6) is 5.75 Å². The van der Waals surface area contributed by atoms with Crippen LogP contribution in [0.4, 0.5) is 0 Å². The number of carboxylic acids is 1. The molecule has 7 heteroatoms. The number of aromatic hydroxyl groups is 1. The molecule has 1 aliphatic carbocycles. The van der Waals surface area contributed by atoms with Crippen LogP contribution in [0.15, 0.2) is 70.6 Å². The molecule has 0 spiro atoms. The van der Waals surface area contributed by atoms with Crippen molar-refractivity contribution in [2.24, 2.45) is 5.10 Å². The van der Waals surface area contributed by atoms with Crippen LogP contribution >= 0.6 is 0 Å². The molecule has 0 bridgehead atoms. The summed E-state index contributed by atoms with van der Waals surface area (Å²) in [4.78, 5) is 22.6. The minimum Gasteiger partial charge on any atom is -0.507 e. The van der Waals surface area contributed by atoms with Gasteiger partial charge in [-0.05, 0) is 67.2 Å². The van der Waals surface area contributed by atoms with Crippen molar-refractivity contribution >= 4 is 18.1 Å². The maximum absolute atomic E-state index is 11.4. The van der Waals surface area contributed by atoms with E-state index in [1.807, 2.05) is 42.3 Å². The number of phenols is 1. The Balaban J connectivity index is 1.75. The largest absolute Gasteiger partial charge is 0.507 e. The molecule has 1 fully saturated rings. The van der Waals surface area contributed by atoms with Gasteiger partial charge in [0.05, 0.1) is 17.1 Å². The number of likely N-dealkylation sites (N-methyl/N-ethyl adjacent to an activating group) is 1. The molecule has 7 nitrogen and oxygen atoms in total. The predicted octanol–water partition coefficient (Wildman–Crippen LogP) is 3.86. The van der Waals surface area contributed by atoms with Crippen LogP contribution in [0.25, 0.3) is 11.1 Å². The van der Waals surface area contributed by atoms with Crippen LogP contribution in [0, 0.1) is 0 Å². The Morgan fingerprint density at radius 3 is 2.55 bits per heavy atom. The number of nitrogens with one attached hydrogen (secondary N) is 1. The molecule has 1 saturated carbocycles. The van der Waals surface area contributed by atoms with Crippen LogP contribution in [-0.2, 0) is 4.79 Å². The fraction of sp³-hybridized carbons (Fsp3) is 0.208. The highest BCUT2D eigenvalue weighted by Crippen LogP contribution is 2.35. The van der Waals surface area contributed by atoms with Crippen LogP contribution in [-0.4, -0.2) is 39.9 Å². The molecule has 2 aliphatic rings. The molecular formula is C24H23N3O4. The number of hydrazone groups is 1. The van der Waals surface area contributed by atoms with Gasteiger partial charge < -0.3 is 15.5 Å². The number of benzene rings is 2. The molecular weight excluding hydrogens is 394 g/mol. The van der Waals surface area contributed by atoms with Crippen molar-refractivity contribution in [2.75, 3.05) is 6.54 Å². The maximum Gasteiger partial charge on any atom is 0.339 e. The smallest absolute Gasteiger partial charge is 0.339 e. The number of hydrogen-bond donors (Lipinski definition) is 3. The van der Waals surface area contributed by atoms with E-state index in [4.69, 9.17) is 5.10 Å². The highest BCUT2D eigenvalue weighted by Gasteiger charge is 2.26. The summed E-state index contributed by atoms with van der Waals surface area (Å²) in [5.74, 6) is -1.46. The molecule has 1 amide bonds. The molecule has 0 radical (unpaired) electrons. The highest BCUT2D eigenvalue weighted by molar-refractivity contribution is 6.10. The van der Waals surface area contributed by atoms with Crippen molar-refractivity contribution in [3.8, 4) is 16.9 Å². The van der Waals surface area contributed by atoms with Crippen molar-refractivity contribution in [2.45, 2.75) is 26.2 Å². The second-order valence-corrected chi connectivity index (χ2v) is 7.44. The van der Waals surface area contributed by atoms with Crippen molar-refractivity contribution in [1.82, 2.24) is 10.3 Å². The molecule has 0 atom stereocenters. The van der Waals surface area contributed by atoms with Crippen molar-refractivity contribution in [3.05, 3.63) is 76.6 Å². The number of aromatic carboxylic acids is 1. The lowest BCUT2D eigenvalue weighted by molar-refractivity contribution is -0.108. The molecule has 1 heterocycles. The van der Waals surface area contributed by atoms with E-state index in [0.717, 1.165) is 41.8 Å². The number of hydrogen-bond acceptors (Lipinski definition) is 5. The number of carbonyl (C=O) groups excluding carboxylic acids is 1. The Kier molecular flexibility index (Phi) is 5.58. The number of carbonyl (C=O) groups is 2. The first-order chi connectivity index (χ1) is 15.0. The molecule has 2 aromatic carbocycles. The number of carboxylic acid groups (broad SMARTS) is 1. The van der Waals surface area contributed by atoms with Gasteiger partial charge in [-0.1, -0.05) is 24.3 Å². The average Bonchev–Trinajstić information content (AvgIpc) is 2.74. The Hall–Kier alpha value is -3.87. The molecule has 158 valence electrons. The fourth-order valence-electron chi connectivity index (χ4n) is 3.80. The van der Waals surface area contributed by atoms with Gasteiger partial charge in [-0.15, -0.1) is 0 Å². The third-order valence-corrected chi connectivity index (χ3v) is 5.55. The number of rotatable bonds is 6. The summed E-state index contributed by atoms with van der Waals surface area (Å²) in [6.07, 6.45) is 5.73. The van der Waals surface area contributed by atoms with Gasteiger partial charge in [0.15, 0.2) is 0 Å². The number of amides is 1. The SMILES string of the molecule is CCN1N=C(c2cccc(-c3ccc(O)c(C(=O)O)c3)c2)C=C(NC=O)C1=C1CCC1. The van der Waals surface area contributed by atoms with Gasteiger partial charge >= 0.3 is 5.97 Å². The molecule has 31 heavy (non-hydrogen) atoms. The zero-order valence-corrected chi connectivity index (χ0v) is 17.1. The molecule has 0 aromatic heterocycles. The molecule has 0 unspecified atom stereocenters. The number of allylic oxidation sites excluding steroid dienone is 2. The lowest BCUT2D eigenvalue weighted by Crippen LogP contribution is -2.32. The van der Waals surface area contributed by atoms with Crippen LogP contribution in [0.1, 0.15) is 42.1 Å². The van der Waals surface area contributed by atoms with Gasteiger partial charge in [0.2, 0.25) is 6.41 Å². The fourth-order valence-corrected chi connectivity index (χ4v) is 3.80. The highest BCUT2D eigenvalue weighted by atomic mass is 16.4. The zero-order valence-electron chi connectivity index (χ0n) is 17.1. The molecule has 2 aromatic rings. The van der Waals surface area contributed by atoms with Crippen molar-refractivity contribution < 1.29 is 19.8 Å². The lowest BCUT2D eigenvalue weighted by atomic mass is 9.88. The summed E-state index contributed by atoms with van der Waals surface area (Å²) in [5, 5.41) is 28.6. The van der Waals surface area contributed by atoms with E-state index < -0.39 is 5.97 Å². The topological polar surface area (TPSA) is 102 Å². The second-order valence-electron chi connectivity index (χ2n) is 7.44. The Morgan fingerprint density at radius 1 is 1.16 bits per heavy atom. The average molecular weight is 417 g/mol. The van der Waals surface area contributed by atoms with Gasteiger partial charge in [0.1, 0.15) is 11.3 Å². The summed E-state index contributed by atoms with van der Waals surface area (Å²) in [6, 6.07) is 12.1. The van der Waals surface area contributed by atoms with E-state index in [2.05, 4.69) is 5.32 Å². The van der Waals surface area contributed by atoms with E-state index in [-0.39, 0.29) is 11.3 Å². The van der Waals surface area contributed by atoms with Crippen LogP contribution in [0.3, 0.4) is 0 Å². The zero-order chi connectivity index (χ0) is 22.0. The first-order valence-corrected chi connectivity index (χ1v) is 10.2. The van der Waals surface area contributed by atoms with E-state index in [0.29, 0.717) is 24.2 Å². The second kappa shape index (κ2) is 8.47. The van der Waals surface area contributed by atoms with Crippen molar-refractivity contribution in [3.63, 3.8) is 0 Å². The summed E-state index contributed by atoms with van der Waals surface area (Å²) in [7, 11) is 0. The molecule has 4 rings (SSSR count). The third kappa shape index (κ3) is 3.94. The molecule has 0 saturated heterocycles. The van der Waals surface area contributed by atoms with Gasteiger partial charge in [-0.2, -0.15) is 5.10 Å². The Morgan fingerprint density at radius 2 is 1.90 bits per heavy atom. The Bertz CT molecular complexity index is 1140. The van der Waals surface area contributed by atoms with Gasteiger partial charge in [0, 0.05) is 12.1 Å². The van der Waals surface area contributed by atoms with E-state index in [9.17, 15) is 19.8 Å². The van der Waals surface area contributed by atoms with E-state index in [1.54, 1.807) is 6.07 Å². The lowest BCUT2D eigenvalue weighted by Gasteiger charge is -2.32. The number of nitrogens with zero attached hydrogens (tertiary/aromatic N) is 2. The van der Waals surface area contributed by atoms with Gasteiger partial charge in [-0.25, -0.2) is 4.79 Å². The van der Waals surface area contributed by atoms with E-state index >= 15 is 0 Å². The van der Waals surface area contributed by atoms with Crippen molar-refractivity contribution in [1.29, 1.82) is 0 Å². The summed E-state index contributed by atoms with van der Waals surface area (Å²) in [6.45, 7) is 2.68. The predicted molar refractivity (Wildman–Crippen MR) is 118 cm³/mol. The van der Waals surface area contributed by atoms with E-state index in [1.165, 1.54) is 17.7 Å². The first kappa shape index (κ1) is 20.4. The van der Waals surface area contributed by atoms with Gasteiger partial charge in [0.25, 0.3) is 0 Å². The monoisotopic (exact) mass is 417 g/mol. The standard InChI is InChI=1S/C24H23N3O4/c1-2-27-23(15-5-3-6-15)21(25-14-28)13-20(26-27)18-8-4-7-16(11-18)17-9-10-22(29)19(12-17)24(30)31/h4,7-14,29H,2-3,5-6H2,1H3,(H,25,28)(H,30,31). The quantitative estimate of drug-likeness (QED) is 0.620. The normalized spacial score (nSPS) is 15.7. The Labute approximate surface area is 180 Å². The summed E-state index contributed by atoms with van der Waals surface area (Å²) in [5.41, 5.74) is 5.87. The van der Waals surface area contributed by atoms with Crippen LogP contribution < -0.4 is 5.32 Å². The third-order valence-electron chi connectivity index (χ3n) is 5.55. The summed E-state index contributed by atoms with van der Waals surface area (Å²) >= 11 is 0. The minimum absolute atomic E-state index is 0.149. The van der Waals surface area contributed by atoms with Gasteiger partial charge in [-0.3, -0.25) is 9.80 Å². The first-order valence-electron chi connectivity index (χ1n) is 10.2. The summed E-state index contributed by atoms with van der Waals surface area (Å²) < 4.78 is 0. The van der Waals surface area contributed by atoms with Crippen LogP contribution in [0.2, 0.25) is 0 Å².